The SMILES string of the molecule is CC(C)NC(=O)NC(=O)[C@@H](C)[NH+]1CCN(S(=O)(=O)c2ccc(Cl)cc2)CC1. The summed E-state index contributed by atoms with van der Waals surface area (Å²) in [5.41, 5.74) is 0. The van der Waals surface area contributed by atoms with E-state index in [0.29, 0.717) is 31.2 Å². The molecule has 3 amide bonds. The van der Waals surface area contributed by atoms with Gasteiger partial charge in [0.15, 0.2) is 6.04 Å². The van der Waals surface area contributed by atoms with Crippen LogP contribution < -0.4 is 15.5 Å². The molecule has 0 bridgehead atoms. The van der Waals surface area contributed by atoms with E-state index in [1.54, 1.807) is 32.9 Å². The Labute approximate surface area is 164 Å². The molecule has 1 fully saturated rings. The molecule has 150 valence electrons. The minimum absolute atomic E-state index is 0.0675. The molecular weight excluding hydrogens is 392 g/mol. The van der Waals surface area contributed by atoms with Crippen molar-refractivity contribution in [3.63, 3.8) is 0 Å². The van der Waals surface area contributed by atoms with Crippen LogP contribution in [0, 0.1) is 0 Å². The van der Waals surface area contributed by atoms with Gasteiger partial charge in [-0.25, -0.2) is 13.2 Å². The number of nitrogens with one attached hydrogen (secondary N) is 3. The van der Waals surface area contributed by atoms with Crippen LogP contribution in [0.3, 0.4) is 0 Å². The van der Waals surface area contributed by atoms with Gasteiger partial charge in [-0.15, -0.1) is 0 Å². The monoisotopic (exact) mass is 417 g/mol. The molecule has 0 radical (unpaired) electrons. The van der Waals surface area contributed by atoms with E-state index in [1.165, 1.54) is 16.4 Å². The zero-order valence-electron chi connectivity index (χ0n) is 15.7. The zero-order chi connectivity index (χ0) is 20.2. The number of halogens is 1. The zero-order valence-corrected chi connectivity index (χ0v) is 17.2. The molecule has 27 heavy (non-hydrogen) atoms. The van der Waals surface area contributed by atoms with Gasteiger partial charge in [0, 0.05) is 11.1 Å². The van der Waals surface area contributed by atoms with Gasteiger partial charge in [0.05, 0.1) is 31.1 Å². The Balaban J connectivity index is 1.93. The first-order valence-electron chi connectivity index (χ1n) is 8.83. The highest BCUT2D eigenvalue weighted by Crippen LogP contribution is 2.18. The number of quaternary nitrogens is 1. The Morgan fingerprint density at radius 2 is 1.67 bits per heavy atom. The van der Waals surface area contributed by atoms with Crippen molar-refractivity contribution >= 4 is 33.6 Å². The smallest absolute Gasteiger partial charge is 0.321 e. The number of carbonyl (C=O) groups is 2. The second-order valence-electron chi connectivity index (χ2n) is 6.86. The lowest BCUT2D eigenvalue weighted by atomic mass is 10.2. The summed E-state index contributed by atoms with van der Waals surface area (Å²) in [4.78, 5) is 25.0. The highest BCUT2D eigenvalue weighted by Gasteiger charge is 2.34. The summed E-state index contributed by atoms with van der Waals surface area (Å²) in [6, 6.07) is 5.02. The van der Waals surface area contributed by atoms with Crippen molar-refractivity contribution in [2.75, 3.05) is 26.2 Å². The van der Waals surface area contributed by atoms with Crippen molar-refractivity contribution in [1.29, 1.82) is 0 Å². The summed E-state index contributed by atoms with van der Waals surface area (Å²) in [6.45, 7) is 6.90. The maximum atomic E-state index is 12.7. The van der Waals surface area contributed by atoms with E-state index in [2.05, 4.69) is 10.6 Å². The Bertz CT molecular complexity index is 775. The van der Waals surface area contributed by atoms with Gasteiger partial charge < -0.3 is 10.2 Å². The van der Waals surface area contributed by atoms with E-state index in [1.807, 2.05) is 0 Å². The van der Waals surface area contributed by atoms with Crippen molar-refractivity contribution in [3.8, 4) is 0 Å². The van der Waals surface area contributed by atoms with Crippen LogP contribution >= 0.6 is 11.6 Å². The summed E-state index contributed by atoms with van der Waals surface area (Å²) in [5.74, 6) is -0.378. The summed E-state index contributed by atoms with van der Waals surface area (Å²) in [5, 5.41) is 5.41. The first-order chi connectivity index (χ1) is 12.6. The van der Waals surface area contributed by atoms with Gasteiger partial charge in [0.1, 0.15) is 0 Å². The molecule has 1 atom stereocenters. The third kappa shape index (κ3) is 5.65. The van der Waals surface area contributed by atoms with Crippen LogP contribution in [0.1, 0.15) is 20.8 Å². The molecule has 0 aromatic heterocycles. The number of piperazine rings is 1. The molecular formula is C17H26ClN4O4S+. The number of hydrogen-bond acceptors (Lipinski definition) is 4. The lowest BCUT2D eigenvalue weighted by Gasteiger charge is -2.34. The molecule has 10 heteroatoms. The van der Waals surface area contributed by atoms with E-state index in [4.69, 9.17) is 11.6 Å². The maximum Gasteiger partial charge on any atom is 0.321 e. The topological polar surface area (TPSA) is 100 Å². The first kappa shape index (κ1) is 21.6. The lowest BCUT2D eigenvalue weighted by molar-refractivity contribution is -0.917. The Morgan fingerprint density at radius 3 is 2.19 bits per heavy atom. The van der Waals surface area contributed by atoms with Gasteiger partial charge in [-0.05, 0) is 45.0 Å². The van der Waals surface area contributed by atoms with Crippen LogP contribution in [0.5, 0.6) is 0 Å². The lowest BCUT2D eigenvalue weighted by Crippen LogP contribution is -3.19. The molecule has 0 spiro atoms. The van der Waals surface area contributed by atoms with E-state index in [0.717, 1.165) is 4.90 Å². The molecule has 1 aromatic carbocycles. The summed E-state index contributed by atoms with van der Waals surface area (Å²) < 4.78 is 26.8. The van der Waals surface area contributed by atoms with E-state index in [-0.39, 0.29) is 16.8 Å². The Morgan fingerprint density at radius 1 is 1.11 bits per heavy atom. The van der Waals surface area contributed by atoms with Crippen LogP contribution in [0.25, 0.3) is 0 Å². The van der Waals surface area contributed by atoms with Crippen molar-refractivity contribution in [1.82, 2.24) is 14.9 Å². The van der Waals surface area contributed by atoms with Gasteiger partial charge in [-0.3, -0.25) is 10.1 Å². The average Bonchev–Trinajstić information content (AvgIpc) is 2.60. The van der Waals surface area contributed by atoms with Gasteiger partial charge in [-0.2, -0.15) is 4.31 Å². The number of imide groups is 1. The van der Waals surface area contributed by atoms with Crippen LogP contribution in [0.4, 0.5) is 4.79 Å². The third-order valence-corrected chi connectivity index (χ3v) is 6.64. The quantitative estimate of drug-likeness (QED) is 0.620. The maximum absolute atomic E-state index is 12.7. The third-order valence-electron chi connectivity index (χ3n) is 4.48. The number of benzene rings is 1. The summed E-state index contributed by atoms with van der Waals surface area (Å²) in [6.07, 6.45) is 0. The predicted octanol–water partition coefficient (Wildman–Crippen LogP) is -0.148. The fourth-order valence-electron chi connectivity index (χ4n) is 2.91. The number of sulfonamides is 1. The largest absolute Gasteiger partial charge is 0.336 e. The van der Waals surface area contributed by atoms with Crippen molar-refractivity contribution in [2.24, 2.45) is 0 Å². The van der Waals surface area contributed by atoms with Crippen LogP contribution in [-0.2, 0) is 14.8 Å². The van der Waals surface area contributed by atoms with Crippen molar-refractivity contribution < 1.29 is 22.9 Å². The molecule has 0 unspecified atom stereocenters. The van der Waals surface area contributed by atoms with Gasteiger partial charge in [0.25, 0.3) is 5.91 Å². The molecule has 3 N–H and O–H groups in total. The molecule has 2 rings (SSSR count). The molecule has 1 saturated heterocycles. The average molecular weight is 418 g/mol. The number of urea groups is 1. The molecule has 1 aliphatic rings. The molecule has 8 nitrogen and oxygen atoms in total. The Hall–Kier alpha value is -1.68. The first-order valence-corrected chi connectivity index (χ1v) is 10.6. The van der Waals surface area contributed by atoms with E-state index < -0.39 is 22.1 Å². The van der Waals surface area contributed by atoms with E-state index in [9.17, 15) is 18.0 Å². The Kier molecular flexibility index (Phi) is 7.21. The molecule has 1 heterocycles. The number of nitrogens with zero attached hydrogens (tertiary/aromatic N) is 1. The molecule has 1 aromatic rings. The van der Waals surface area contributed by atoms with Crippen molar-refractivity contribution in [3.05, 3.63) is 29.3 Å². The number of rotatable bonds is 5. The predicted molar refractivity (Wildman–Crippen MR) is 102 cm³/mol. The highest BCUT2D eigenvalue weighted by atomic mass is 35.5. The number of carbonyl (C=O) groups excluding carboxylic acids is 2. The highest BCUT2D eigenvalue weighted by molar-refractivity contribution is 7.89. The van der Waals surface area contributed by atoms with Crippen molar-refractivity contribution in [2.45, 2.75) is 37.8 Å². The van der Waals surface area contributed by atoms with Crippen LogP contribution in [0.2, 0.25) is 5.02 Å². The summed E-state index contributed by atoms with van der Waals surface area (Å²) >= 11 is 5.82. The number of hydrogen-bond donors (Lipinski definition) is 3. The van der Waals surface area contributed by atoms with E-state index >= 15 is 0 Å². The fraction of sp³-hybridized carbons (Fsp3) is 0.529. The minimum Gasteiger partial charge on any atom is -0.336 e. The van der Waals surface area contributed by atoms with Crippen LogP contribution in [0.15, 0.2) is 29.2 Å². The molecule has 0 saturated carbocycles. The van der Waals surface area contributed by atoms with Crippen LogP contribution in [-0.4, -0.2) is 62.9 Å². The van der Waals surface area contributed by atoms with Gasteiger partial charge in [0.2, 0.25) is 10.0 Å². The fourth-order valence-corrected chi connectivity index (χ4v) is 4.47. The van der Waals surface area contributed by atoms with Gasteiger partial charge in [-0.1, -0.05) is 11.6 Å². The standard InChI is InChI=1S/C17H25ClN4O4S/c1-12(2)19-17(24)20-16(23)13(3)21-8-10-22(11-9-21)27(25,26)15-6-4-14(18)5-7-15/h4-7,12-13H,8-11H2,1-3H3,(H2,19,20,23,24)/p+1/t13-/m1/s1. The second-order valence-corrected chi connectivity index (χ2v) is 9.23. The van der Waals surface area contributed by atoms with Gasteiger partial charge >= 0.3 is 6.03 Å². The minimum atomic E-state index is -3.58. The normalized spacial score (nSPS) is 17.5. The second kappa shape index (κ2) is 9.01. The molecule has 1 aliphatic heterocycles. The molecule has 0 aliphatic carbocycles. The summed E-state index contributed by atoms with van der Waals surface area (Å²) in [7, 11) is -3.58. The number of amides is 3.